The summed E-state index contributed by atoms with van der Waals surface area (Å²) in [4.78, 5) is 8.52. The Bertz CT molecular complexity index is 987. The molecule has 5 rings (SSSR count). The van der Waals surface area contributed by atoms with Crippen LogP contribution >= 0.6 is 0 Å². The minimum absolute atomic E-state index is 0.107. The average molecular weight is 381 g/mol. The molecule has 1 saturated carbocycles. The van der Waals surface area contributed by atoms with Gasteiger partial charge in [0.05, 0.1) is 24.9 Å². The molecule has 0 spiro atoms. The molecule has 2 N–H and O–H groups in total. The lowest BCUT2D eigenvalue weighted by molar-refractivity contribution is -0.153. The Morgan fingerprint density at radius 2 is 2.33 bits per heavy atom. The number of halogens is 3. The zero-order chi connectivity index (χ0) is 18.6. The topological polar surface area (TPSA) is 102 Å². The van der Waals surface area contributed by atoms with E-state index in [0.29, 0.717) is 30.6 Å². The van der Waals surface area contributed by atoms with Crippen molar-refractivity contribution in [3.63, 3.8) is 0 Å². The molecule has 12 heteroatoms. The monoisotopic (exact) mass is 381 g/mol. The van der Waals surface area contributed by atoms with Crippen molar-refractivity contribution in [1.29, 1.82) is 0 Å². The first-order valence-corrected chi connectivity index (χ1v) is 8.24. The van der Waals surface area contributed by atoms with E-state index in [2.05, 4.69) is 30.6 Å². The highest BCUT2D eigenvalue weighted by molar-refractivity contribution is 5.74. The number of fused-ring (bicyclic) bond motifs is 2. The van der Waals surface area contributed by atoms with Crippen molar-refractivity contribution in [2.24, 2.45) is 5.92 Å². The smallest absolute Gasteiger partial charge is 0.422 e. The molecule has 0 radical (unpaired) electrons. The molecule has 1 aliphatic carbocycles. The fourth-order valence-electron chi connectivity index (χ4n) is 3.33. The van der Waals surface area contributed by atoms with Gasteiger partial charge < -0.3 is 14.8 Å². The quantitative estimate of drug-likeness (QED) is 0.693. The lowest BCUT2D eigenvalue weighted by atomic mass is 10.2. The van der Waals surface area contributed by atoms with Gasteiger partial charge >= 0.3 is 6.18 Å². The molecule has 1 saturated heterocycles. The van der Waals surface area contributed by atoms with Crippen LogP contribution in [0.1, 0.15) is 6.42 Å². The third kappa shape index (κ3) is 2.85. The van der Waals surface area contributed by atoms with E-state index in [1.54, 1.807) is 0 Å². The molecule has 4 heterocycles. The van der Waals surface area contributed by atoms with Crippen molar-refractivity contribution < 1.29 is 22.6 Å². The van der Waals surface area contributed by atoms with Gasteiger partial charge in [-0.15, -0.1) is 5.10 Å². The molecule has 1 aliphatic heterocycles. The lowest BCUT2D eigenvalue weighted by Gasteiger charge is -2.12. The fourth-order valence-corrected chi connectivity index (χ4v) is 3.33. The molecule has 142 valence electrons. The van der Waals surface area contributed by atoms with E-state index in [1.807, 2.05) is 0 Å². The van der Waals surface area contributed by atoms with E-state index < -0.39 is 12.8 Å². The van der Waals surface area contributed by atoms with Gasteiger partial charge in [0.1, 0.15) is 12.0 Å². The maximum Gasteiger partial charge on any atom is 0.422 e. The van der Waals surface area contributed by atoms with Crippen molar-refractivity contribution in [3.8, 4) is 17.0 Å². The summed E-state index contributed by atoms with van der Waals surface area (Å²) in [6.07, 6.45) is 0.793. The number of anilines is 1. The summed E-state index contributed by atoms with van der Waals surface area (Å²) in [7, 11) is 0. The molecule has 0 bridgehead atoms. The molecule has 2 fully saturated rings. The number of nitrogens with one attached hydrogen (secondary N) is 2. The minimum Gasteiger partial charge on any atom is -0.478 e. The molecular weight excluding hydrogens is 367 g/mol. The van der Waals surface area contributed by atoms with Gasteiger partial charge in [0.25, 0.3) is 0 Å². The van der Waals surface area contributed by atoms with Gasteiger partial charge in [-0.2, -0.15) is 27.8 Å². The van der Waals surface area contributed by atoms with Gasteiger partial charge in [-0.25, -0.2) is 4.98 Å². The molecule has 3 aromatic heterocycles. The highest BCUT2D eigenvalue weighted by Gasteiger charge is 2.59. The number of rotatable bonds is 5. The summed E-state index contributed by atoms with van der Waals surface area (Å²) >= 11 is 0. The highest BCUT2D eigenvalue weighted by Crippen LogP contribution is 2.50. The Kier molecular flexibility index (Phi) is 3.35. The summed E-state index contributed by atoms with van der Waals surface area (Å²) in [5.74, 6) is 0.597. The van der Waals surface area contributed by atoms with Crippen molar-refractivity contribution in [1.82, 2.24) is 29.8 Å². The molecule has 0 aromatic carbocycles. The maximum atomic E-state index is 12.7. The van der Waals surface area contributed by atoms with Gasteiger partial charge in [-0.3, -0.25) is 5.10 Å². The number of hydrogen-bond acceptors (Lipinski definition) is 7. The summed E-state index contributed by atoms with van der Waals surface area (Å²) in [6.45, 7) is -0.218. The van der Waals surface area contributed by atoms with Crippen LogP contribution < -0.4 is 10.1 Å². The Labute approximate surface area is 149 Å². The van der Waals surface area contributed by atoms with Crippen molar-refractivity contribution in [2.75, 3.05) is 25.1 Å². The molecule has 0 amide bonds. The summed E-state index contributed by atoms with van der Waals surface area (Å²) < 4.78 is 49.9. The average Bonchev–Trinajstić information content (AvgIpc) is 3.08. The van der Waals surface area contributed by atoms with E-state index in [1.165, 1.54) is 23.2 Å². The van der Waals surface area contributed by atoms with Crippen LogP contribution in [-0.4, -0.2) is 61.3 Å². The van der Waals surface area contributed by atoms with Crippen LogP contribution in [0.2, 0.25) is 0 Å². The second-order valence-corrected chi connectivity index (χ2v) is 6.71. The number of alkyl halides is 3. The van der Waals surface area contributed by atoms with Crippen LogP contribution in [0.15, 0.2) is 18.7 Å². The van der Waals surface area contributed by atoms with Gasteiger partial charge in [0.2, 0.25) is 11.6 Å². The molecule has 2 atom stereocenters. The van der Waals surface area contributed by atoms with Gasteiger partial charge in [-0.1, -0.05) is 0 Å². The van der Waals surface area contributed by atoms with Gasteiger partial charge in [0.15, 0.2) is 12.4 Å². The minimum atomic E-state index is -4.50. The van der Waals surface area contributed by atoms with Crippen LogP contribution in [0.5, 0.6) is 5.75 Å². The predicted octanol–water partition coefficient (Wildman–Crippen LogP) is 1.66. The van der Waals surface area contributed by atoms with Crippen LogP contribution in [-0.2, 0) is 4.74 Å². The van der Waals surface area contributed by atoms with Crippen LogP contribution in [0, 0.1) is 5.92 Å². The number of ether oxygens (including phenoxy) is 2. The number of hydrogen-bond donors (Lipinski definition) is 2. The van der Waals surface area contributed by atoms with E-state index in [4.69, 9.17) is 9.47 Å². The Morgan fingerprint density at radius 1 is 1.44 bits per heavy atom. The maximum absolute atomic E-state index is 12.7. The number of H-pyrrole nitrogens is 1. The normalized spacial score (nSPS) is 24.2. The third-order valence-corrected chi connectivity index (χ3v) is 4.77. The van der Waals surface area contributed by atoms with E-state index in [0.717, 1.165) is 6.42 Å². The molecule has 2 aliphatic rings. The zero-order valence-corrected chi connectivity index (χ0v) is 13.8. The largest absolute Gasteiger partial charge is 0.478 e. The zero-order valence-electron chi connectivity index (χ0n) is 13.8. The Balaban J connectivity index is 1.54. The standard InChI is InChI=1S/C15H14F3N7O2/c16-15(17,18)6-27-11-10(8-2-20-21-3-8)19-7-25-12(11)22-13(24-25)23-14-1-9(14)4-26-5-14/h2-3,7,9H,1,4-6H2,(H,20,21)(H,23,24). The number of aromatic amines is 1. The summed E-state index contributed by atoms with van der Waals surface area (Å²) in [5, 5.41) is 13.9. The van der Waals surface area contributed by atoms with E-state index in [9.17, 15) is 13.2 Å². The summed E-state index contributed by atoms with van der Waals surface area (Å²) in [6, 6.07) is 0. The van der Waals surface area contributed by atoms with Crippen molar-refractivity contribution in [2.45, 2.75) is 18.1 Å². The number of aromatic nitrogens is 6. The first-order valence-electron chi connectivity index (χ1n) is 8.24. The van der Waals surface area contributed by atoms with Crippen molar-refractivity contribution >= 4 is 11.6 Å². The Morgan fingerprint density at radius 3 is 3.00 bits per heavy atom. The Hall–Kier alpha value is -2.89. The summed E-state index contributed by atoms with van der Waals surface area (Å²) in [5.41, 5.74) is 0.641. The molecule has 3 aromatic rings. The van der Waals surface area contributed by atoms with Crippen LogP contribution in [0.3, 0.4) is 0 Å². The second-order valence-electron chi connectivity index (χ2n) is 6.71. The lowest BCUT2D eigenvalue weighted by Crippen LogP contribution is -2.25. The van der Waals surface area contributed by atoms with Crippen LogP contribution in [0.25, 0.3) is 16.9 Å². The highest BCUT2D eigenvalue weighted by atomic mass is 19.4. The first-order chi connectivity index (χ1) is 12.9. The van der Waals surface area contributed by atoms with Crippen LogP contribution in [0.4, 0.5) is 19.1 Å². The predicted molar refractivity (Wildman–Crippen MR) is 85.2 cm³/mol. The number of nitrogens with zero attached hydrogens (tertiary/aromatic N) is 5. The molecule has 2 unspecified atom stereocenters. The van der Waals surface area contributed by atoms with E-state index in [-0.39, 0.29) is 22.6 Å². The fraction of sp³-hybridized carbons (Fsp3) is 0.467. The molecular formula is C15H14F3N7O2. The van der Waals surface area contributed by atoms with E-state index >= 15 is 0 Å². The first kappa shape index (κ1) is 16.3. The van der Waals surface area contributed by atoms with Crippen molar-refractivity contribution in [3.05, 3.63) is 18.7 Å². The van der Waals surface area contributed by atoms with Gasteiger partial charge in [0, 0.05) is 17.7 Å². The van der Waals surface area contributed by atoms with Gasteiger partial charge in [-0.05, 0) is 6.42 Å². The molecule has 27 heavy (non-hydrogen) atoms. The third-order valence-electron chi connectivity index (χ3n) is 4.77. The second kappa shape index (κ2) is 5.55. The molecule has 9 nitrogen and oxygen atoms in total. The SMILES string of the molecule is FC(F)(F)COc1c(-c2cn[nH]c2)ncn2nc(NC34COCC3C4)nc12.